The van der Waals surface area contributed by atoms with E-state index in [0.717, 1.165) is 0 Å². The predicted molar refractivity (Wildman–Crippen MR) is 59.7 cm³/mol. The molecule has 1 unspecified atom stereocenters. The minimum absolute atomic E-state index is 0.284. The van der Waals surface area contributed by atoms with Gasteiger partial charge in [-0.2, -0.15) is 0 Å². The minimum atomic E-state index is -3.72. The van der Waals surface area contributed by atoms with Crippen molar-refractivity contribution < 1.29 is 27.9 Å². The van der Waals surface area contributed by atoms with Crippen LogP contribution in [0.4, 0.5) is 4.79 Å². The van der Waals surface area contributed by atoms with E-state index in [1.807, 2.05) is 5.32 Å². The molecule has 0 heterocycles. The molecule has 0 fully saturated rings. The summed E-state index contributed by atoms with van der Waals surface area (Å²) in [5, 5.41) is 17.4. The topological polar surface area (TPSA) is 182 Å². The summed E-state index contributed by atoms with van der Waals surface area (Å²) >= 11 is 0. The quantitative estimate of drug-likeness (QED) is 0.329. The highest BCUT2D eigenvalue weighted by molar-refractivity contribution is 7.89. The van der Waals surface area contributed by atoms with E-state index in [2.05, 4.69) is 10.5 Å². The molecule has 3 amide bonds. The van der Waals surface area contributed by atoms with Crippen LogP contribution in [-0.2, 0) is 19.6 Å². The molecule has 0 bridgehead atoms. The molecule has 0 aromatic rings. The molecule has 18 heavy (non-hydrogen) atoms. The minimum Gasteiger partial charge on any atom is -0.480 e. The fourth-order valence-electron chi connectivity index (χ4n) is 0.917. The third-order valence-corrected chi connectivity index (χ3v) is 2.45. The summed E-state index contributed by atoms with van der Waals surface area (Å²) in [6.45, 7) is -0.284. The number of hydrogen-bond acceptors (Lipinski definition) is 5. The van der Waals surface area contributed by atoms with Gasteiger partial charge in [-0.15, -0.1) is 0 Å². The fourth-order valence-corrected chi connectivity index (χ4v) is 1.30. The average Bonchev–Trinajstić information content (AvgIpc) is 2.13. The highest BCUT2D eigenvalue weighted by Gasteiger charge is 2.21. The van der Waals surface area contributed by atoms with Crippen LogP contribution in [0.1, 0.15) is 6.42 Å². The number of carbonyl (C=O) groups is 3. The Morgan fingerprint density at radius 3 is 2.22 bits per heavy atom. The fraction of sp³-hybridized carbons (Fsp3) is 0.571. The number of nitrogens with one attached hydrogen (secondary N) is 2. The van der Waals surface area contributed by atoms with Crippen molar-refractivity contribution in [3.8, 4) is 0 Å². The van der Waals surface area contributed by atoms with E-state index in [4.69, 9.17) is 10.8 Å². The van der Waals surface area contributed by atoms with Gasteiger partial charge in [0, 0.05) is 6.54 Å². The maximum atomic E-state index is 11.2. The number of aliphatic carboxylic acids is 1. The third kappa shape index (κ3) is 8.29. The zero-order valence-electron chi connectivity index (χ0n) is 9.25. The van der Waals surface area contributed by atoms with Crippen molar-refractivity contribution in [1.29, 1.82) is 0 Å². The molecule has 0 spiro atoms. The number of nitrogens with two attached hydrogens (primary N) is 2. The van der Waals surface area contributed by atoms with Gasteiger partial charge in [0.25, 0.3) is 0 Å². The maximum Gasteiger partial charge on any atom is 0.326 e. The van der Waals surface area contributed by atoms with Crippen molar-refractivity contribution in [2.45, 2.75) is 12.5 Å². The SMILES string of the molecule is NC(=O)CC(NC(=O)NCCS(N)(=O)=O)C(=O)O. The highest BCUT2D eigenvalue weighted by Crippen LogP contribution is 1.91. The summed E-state index contributed by atoms with van der Waals surface area (Å²) in [7, 11) is -3.72. The van der Waals surface area contributed by atoms with Gasteiger partial charge in [-0.25, -0.2) is 23.1 Å². The normalized spacial score (nSPS) is 12.5. The Kier molecular flexibility index (Phi) is 6.05. The van der Waals surface area contributed by atoms with E-state index in [0.29, 0.717) is 0 Å². The second kappa shape index (κ2) is 6.76. The molecule has 0 aliphatic heterocycles. The summed E-state index contributed by atoms with van der Waals surface area (Å²) in [5.74, 6) is -2.82. The third-order valence-electron chi connectivity index (χ3n) is 1.68. The number of amides is 3. The predicted octanol–water partition coefficient (Wildman–Crippen LogP) is -3.10. The van der Waals surface area contributed by atoms with E-state index in [1.165, 1.54) is 0 Å². The molecule has 0 aromatic heterocycles. The van der Waals surface area contributed by atoms with Crippen molar-refractivity contribution in [2.24, 2.45) is 10.9 Å². The van der Waals surface area contributed by atoms with Gasteiger partial charge in [-0.05, 0) is 0 Å². The van der Waals surface area contributed by atoms with Crippen LogP contribution in [-0.4, -0.2) is 49.8 Å². The van der Waals surface area contributed by atoms with E-state index < -0.39 is 46.1 Å². The van der Waals surface area contributed by atoms with Gasteiger partial charge >= 0.3 is 12.0 Å². The standard InChI is InChI=1S/C7H14N4O6S/c8-5(12)3-4(6(13)14)11-7(15)10-1-2-18(9,16)17/h4H,1-3H2,(H2,8,12)(H,13,14)(H2,9,16,17)(H2,10,11,15). The number of urea groups is 1. The van der Waals surface area contributed by atoms with E-state index >= 15 is 0 Å². The number of sulfonamides is 1. The first-order valence-corrected chi connectivity index (χ1v) is 6.39. The summed E-state index contributed by atoms with van der Waals surface area (Å²) in [6, 6.07) is -2.41. The van der Waals surface area contributed by atoms with Crippen molar-refractivity contribution >= 4 is 27.9 Å². The molecule has 0 aliphatic rings. The molecule has 1 atom stereocenters. The Hall–Kier alpha value is -1.88. The Labute approximate surface area is 103 Å². The van der Waals surface area contributed by atoms with Gasteiger partial charge in [0.15, 0.2) is 0 Å². The molecule has 0 aliphatic carbocycles. The van der Waals surface area contributed by atoms with Gasteiger partial charge < -0.3 is 21.5 Å². The molecule has 11 heteroatoms. The monoisotopic (exact) mass is 282 g/mol. The molecular weight excluding hydrogens is 268 g/mol. The number of carbonyl (C=O) groups excluding carboxylic acids is 2. The van der Waals surface area contributed by atoms with Crippen LogP contribution in [0.25, 0.3) is 0 Å². The highest BCUT2D eigenvalue weighted by atomic mass is 32.2. The van der Waals surface area contributed by atoms with Gasteiger partial charge in [-0.1, -0.05) is 0 Å². The molecule has 0 saturated carbocycles. The first kappa shape index (κ1) is 16.1. The lowest BCUT2D eigenvalue weighted by Gasteiger charge is -2.13. The van der Waals surface area contributed by atoms with Crippen LogP contribution in [0.3, 0.4) is 0 Å². The zero-order valence-corrected chi connectivity index (χ0v) is 10.1. The summed E-state index contributed by atoms with van der Waals surface area (Å²) in [5.41, 5.74) is 4.79. The van der Waals surface area contributed by atoms with Gasteiger partial charge in [-0.3, -0.25) is 4.79 Å². The lowest BCUT2D eigenvalue weighted by atomic mass is 10.2. The van der Waals surface area contributed by atoms with Crippen molar-refractivity contribution in [2.75, 3.05) is 12.3 Å². The molecule has 0 saturated heterocycles. The van der Waals surface area contributed by atoms with Crippen LogP contribution in [0, 0.1) is 0 Å². The van der Waals surface area contributed by atoms with Gasteiger partial charge in [0.05, 0.1) is 12.2 Å². The van der Waals surface area contributed by atoms with Gasteiger partial charge in [0.2, 0.25) is 15.9 Å². The van der Waals surface area contributed by atoms with E-state index in [9.17, 15) is 22.8 Å². The molecule has 0 aromatic carbocycles. The van der Waals surface area contributed by atoms with E-state index in [-0.39, 0.29) is 6.54 Å². The summed E-state index contributed by atoms with van der Waals surface area (Å²) < 4.78 is 21.1. The number of hydrogen-bond donors (Lipinski definition) is 5. The molecule has 7 N–H and O–H groups in total. The van der Waals surface area contributed by atoms with Crippen LogP contribution >= 0.6 is 0 Å². The first-order chi connectivity index (χ1) is 8.11. The summed E-state index contributed by atoms with van der Waals surface area (Å²) in [4.78, 5) is 32.3. The lowest BCUT2D eigenvalue weighted by Crippen LogP contribution is -2.48. The molecular formula is C7H14N4O6S. The lowest BCUT2D eigenvalue weighted by molar-refractivity contribution is -0.140. The molecule has 0 radical (unpaired) electrons. The van der Waals surface area contributed by atoms with E-state index in [1.54, 1.807) is 0 Å². The average molecular weight is 282 g/mol. The zero-order chi connectivity index (χ0) is 14.3. The van der Waals surface area contributed by atoms with Crippen LogP contribution < -0.4 is 21.5 Å². The number of primary amides is 1. The van der Waals surface area contributed by atoms with Crippen molar-refractivity contribution in [3.63, 3.8) is 0 Å². The molecule has 10 nitrogen and oxygen atoms in total. The summed E-state index contributed by atoms with van der Waals surface area (Å²) in [6.07, 6.45) is -0.571. The largest absolute Gasteiger partial charge is 0.480 e. The number of carboxylic acid groups (broad SMARTS) is 1. The van der Waals surface area contributed by atoms with Crippen LogP contribution in [0.15, 0.2) is 0 Å². The maximum absolute atomic E-state index is 11.2. The molecule has 104 valence electrons. The number of rotatable bonds is 7. The number of primary sulfonamides is 1. The van der Waals surface area contributed by atoms with Crippen molar-refractivity contribution in [3.05, 3.63) is 0 Å². The molecule has 0 rings (SSSR count). The number of carboxylic acids is 1. The van der Waals surface area contributed by atoms with Crippen LogP contribution in [0.5, 0.6) is 0 Å². The second-order valence-corrected chi connectivity index (χ2v) is 5.06. The Morgan fingerprint density at radius 2 is 1.83 bits per heavy atom. The Morgan fingerprint density at radius 1 is 1.28 bits per heavy atom. The van der Waals surface area contributed by atoms with Crippen molar-refractivity contribution in [1.82, 2.24) is 10.6 Å². The first-order valence-electron chi connectivity index (χ1n) is 4.68. The van der Waals surface area contributed by atoms with Gasteiger partial charge in [0.1, 0.15) is 6.04 Å². The second-order valence-electron chi connectivity index (χ2n) is 3.33. The smallest absolute Gasteiger partial charge is 0.326 e. The Bertz CT molecular complexity index is 433. The Balaban J connectivity index is 4.19. The van der Waals surface area contributed by atoms with Crippen LogP contribution in [0.2, 0.25) is 0 Å².